The van der Waals surface area contributed by atoms with Crippen molar-refractivity contribution < 1.29 is 4.74 Å². The van der Waals surface area contributed by atoms with Crippen LogP contribution < -0.4 is 0 Å². The molecule has 0 spiro atoms. The van der Waals surface area contributed by atoms with Gasteiger partial charge in [-0.25, -0.2) is 0 Å². The lowest BCUT2D eigenvalue weighted by Gasteiger charge is -2.31. The summed E-state index contributed by atoms with van der Waals surface area (Å²) in [5.41, 5.74) is 1.36. The van der Waals surface area contributed by atoms with Gasteiger partial charge in [-0.2, -0.15) is 0 Å². The lowest BCUT2D eigenvalue weighted by molar-refractivity contribution is 0.139. The largest absolute Gasteiger partial charge is 0.382 e. The van der Waals surface area contributed by atoms with Crippen LogP contribution >= 0.6 is 43.5 Å². The first-order valence-electron chi connectivity index (χ1n) is 6.14. The monoisotopic (exact) mass is 396 g/mol. The average molecular weight is 399 g/mol. The first-order chi connectivity index (χ1) is 8.68. The minimum Gasteiger partial charge on any atom is -0.382 e. The maximum atomic E-state index is 6.09. The second-order valence-electron chi connectivity index (χ2n) is 4.36. The summed E-state index contributed by atoms with van der Waals surface area (Å²) in [6.07, 6.45) is 2.13. The molecule has 0 amide bonds. The summed E-state index contributed by atoms with van der Waals surface area (Å²) in [6.45, 7) is 3.63. The van der Waals surface area contributed by atoms with E-state index in [4.69, 9.17) is 16.3 Å². The van der Waals surface area contributed by atoms with Gasteiger partial charge < -0.3 is 4.74 Å². The van der Waals surface area contributed by atoms with Crippen molar-refractivity contribution in [1.29, 1.82) is 0 Å². The number of alkyl halides is 2. The molecule has 0 atom stereocenters. The molecule has 1 nitrogen and oxygen atoms in total. The molecule has 0 aliphatic carbocycles. The van der Waals surface area contributed by atoms with Crippen LogP contribution in [0.1, 0.15) is 25.3 Å². The summed E-state index contributed by atoms with van der Waals surface area (Å²) in [7, 11) is 0. The molecule has 102 valence electrons. The second kappa shape index (κ2) is 8.57. The number of hydrogen-bond acceptors (Lipinski definition) is 1. The zero-order chi connectivity index (χ0) is 13.4. The molecule has 0 radical (unpaired) electrons. The lowest BCUT2D eigenvalue weighted by atomic mass is 9.80. The quantitative estimate of drug-likeness (QED) is 0.433. The zero-order valence-electron chi connectivity index (χ0n) is 10.6. The van der Waals surface area contributed by atoms with Crippen molar-refractivity contribution in [2.24, 2.45) is 0 Å². The summed E-state index contributed by atoms with van der Waals surface area (Å²) < 4.78 is 5.42. The normalized spacial score (nSPS) is 11.8. The fourth-order valence-corrected chi connectivity index (χ4v) is 4.27. The highest BCUT2D eigenvalue weighted by atomic mass is 79.9. The first kappa shape index (κ1) is 16.5. The first-order valence-corrected chi connectivity index (χ1v) is 8.76. The minimum atomic E-state index is 0.0853. The van der Waals surface area contributed by atoms with Crippen molar-refractivity contribution in [3.8, 4) is 0 Å². The lowest BCUT2D eigenvalue weighted by Crippen LogP contribution is -2.30. The Morgan fingerprint density at radius 3 is 2.56 bits per heavy atom. The van der Waals surface area contributed by atoms with Crippen molar-refractivity contribution in [2.75, 3.05) is 23.9 Å². The van der Waals surface area contributed by atoms with Crippen molar-refractivity contribution in [3.05, 3.63) is 34.9 Å². The van der Waals surface area contributed by atoms with Crippen LogP contribution in [0.15, 0.2) is 24.3 Å². The molecule has 0 aliphatic rings. The molecule has 0 saturated carbocycles. The van der Waals surface area contributed by atoms with E-state index in [1.807, 2.05) is 19.1 Å². The van der Waals surface area contributed by atoms with Crippen LogP contribution in [0.2, 0.25) is 5.02 Å². The molecule has 0 aliphatic heterocycles. The predicted molar refractivity (Wildman–Crippen MR) is 86.4 cm³/mol. The number of hydrogen-bond donors (Lipinski definition) is 0. The third kappa shape index (κ3) is 4.52. The molecule has 0 heterocycles. The van der Waals surface area contributed by atoms with Crippen LogP contribution in [0.25, 0.3) is 0 Å². The van der Waals surface area contributed by atoms with E-state index in [1.165, 1.54) is 5.56 Å². The fraction of sp³-hybridized carbons (Fsp3) is 0.571. The number of ether oxygens (including phenoxy) is 1. The van der Waals surface area contributed by atoms with Crippen LogP contribution in [-0.4, -0.2) is 23.9 Å². The summed E-state index contributed by atoms with van der Waals surface area (Å²) in [6, 6.07) is 8.14. The van der Waals surface area contributed by atoms with E-state index in [2.05, 4.69) is 44.0 Å². The number of benzene rings is 1. The summed E-state index contributed by atoms with van der Waals surface area (Å²) in [5.74, 6) is 0. The molecular formula is C14H19Br2ClO. The van der Waals surface area contributed by atoms with Gasteiger partial charge in [0.05, 0.1) is 0 Å². The van der Waals surface area contributed by atoms with Gasteiger partial charge in [0, 0.05) is 34.3 Å². The van der Waals surface area contributed by atoms with Gasteiger partial charge >= 0.3 is 0 Å². The Morgan fingerprint density at radius 2 is 2.00 bits per heavy atom. The molecule has 0 aromatic heterocycles. The molecule has 0 bridgehead atoms. The van der Waals surface area contributed by atoms with E-state index in [0.717, 1.165) is 41.7 Å². The van der Waals surface area contributed by atoms with Gasteiger partial charge in [-0.1, -0.05) is 55.6 Å². The Balaban J connectivity index is 2.79. The van der Waals surface area contributed by atoms with E-state index in [0.29, 0.717) is 0 Å². The third-order valence-corrected chi connectivity index (χ3v) is 5.48. The van der Waals surface area contributed by atoms with Crippen molar-refractivity contribution in [1.82, 2.24) is 0 Å². The van der Waals surface area contributed by atoms with E-state index < -0.39 is 0 Å². The van der Waals surface area contributed by atoms with Crippen LogP contribution in [0.3, 0.4) is 0 Å². The smallest absolute Gasteiger partial charge is 0.0466 e. The Morgan fingerprint density at radius 1 is 1.28 bits per heavy atom. The van der Waals surface area contributed by atoms with Crippen molar-refractivity contribution in [3.63, 3.8) is 0 Å². The highest BCUT2D eigenvalue weighted by Crippen LogP contribution is 2.34. The van der Waals surface area contributed by atoms with E-state index in [9.17, 15) is 0 Å². The zero-order valence-corrected chi connectivity index (χ0v) is 14.5. The molecule has 1 aromatic rings. The number of rotatable bonds is 8. The number of halogens is 3. The highest BCUT2D eigenvalue weighted by Gasteiger charge is 2.29. The maximum Gasteiger partial charge on any atom is 0.0466 e. The van der Waals surface area contributed by atoms with Gasteiger partial charge in [0.2, 0.25) is 0 Å². The van der Waals surface area contributed by atoms with Crippen LogP contribution in [0.4, 0.5) is 0 Å². The SMILES string of the molecule is CCOCCCC(CBr)(CBr)c1cccc(Cl)c1. The molecular weight excluding hydrogens is 379 g/mol. The molecule has 18 heavy (non-hydrogen) atoms. The van der Waals surface area contributed by atoms with E-state index in [-0.39, 0.29) is 5.41 Å². The second-order valence-corrected chi connectivity index (χ2v) is 5.92. The Bertz CT molecular complexity index is 353. The van der Waals surface area contributed by atoms with Crippen LogP contribution in [0, 0.1) is 0 Å². The summed E-state index contributed by atoms with van der Waals surface area (Å²) in [4.78, 5) is 0. The van der Waals surface area contributed by atoms with Crippen LogP contribution in [0.5, 0.6) is 0 Å². The highest BCUT2D eigenvalue weighted by molar-refractivity contribution is 9.09. The maximum absolute atomic E-state index is 6.09. The molecule has 4 heteroatoms. The minimum absolute atomic E-state index is 0.0853. The Labute approximate surface area is 132 Å². The molecule has 1 rings (SSSR count). The topological polar surface area (TPSA) is 9.23 Å². The van der Waals surface area contributed by atoms with Gasteiger partial charge in [0.25, 0.3) is 0 Å². The van der Waals surface area contributed by atoms with Gasteiger partial charge in [-0.15, -0.1) is 0 Å². The molecule has 0 saturated heterocycles. The standard InChI is InChI=1S/C14H19Br2ClO/c1-2-18-8-4-7-14(10-15,11-16)12-5-3-6-13(17)9-12/h3,5-6,9H,2,4,7-8,10-11H2,1H3. The van der Waals surface area contributed by atoms with E-state index in [1.54, 1.807) is 0 Å². The Hall–Kier alpha value is 0.430. The molecule has 0 N–H and O–H groups in total. The Kier molecular flexibility index (Phi) is 7.85. The molecule has 0 unspecified atom stereocenters. The average Bonchev–Trinajstić information content (AvgIpc) is 2.40. The summed E-state index contributed by atoms with van der Waals surface area (Å²) >= 11 is 13.4. The van der Waals surface area contributed by atoms with Crippen molar-refractivity contribution in [2.45, 2.75) is 25.2 Å². The fourth-order valence-electron chi connectivity index (χ4n) is 1.94. The van der Waals surface area contributed by atoms with Gasteiger partial charge in [0.15, 0.2) is 0 Å². The van der Waals surface area contributed by atoms with E-state index >= 15 is 0 Å². The van der Waals surface area contributed by atoms with Gasteiger partial charge in [0.1, 0.15) is 0 Å². The molecule has 0 fully saturated rings. The molecule has 1 aromatic carbocycles. The van der Waals surface area contributed by atoms with Gasteiger partial charge in [-0.3, -0.25) is 0 Å². The third-order valence-electron chi connectivity index (χ3n) is 3.10. The summed E-state index contributed by atoms with van der Waals surface area (Å²) in [5, 5.41) is 2.62. The van der Waals surface area contributed by atoms with Crippen molar-refractivity contribution >= 4 is 43.5 Å². The van der Waals surface area contributed by atoms with Crippen LogP contribution in [-0.2, 0) is 10.2 Å². The van der Waals surface area contributed by atoms with Gasteiger partial charge in [-0.05, 0) is 37.5 Å². The predicted octanol–water partition coefficient (Wildman–Crippen LogP) is 5.18.